The molecular formula is C23H37N5O3. The predicted molar refractivity (Wildman–Crippen MR) is 124 cm³/mol. The lowest BCUT2D eigenvalue weighted by Gasteiger charge is -2.19. The Hall–Kier alpha value is -2.77. The van der Waals surface area contributed by atoms with Gasteiger partial charge in [0.05, 0.1) is 25.3 Å². The van der Waals surface area contributed by atoms with Gasteiger partial charge in [-0.1, -0.05) is 20.3 Å². The Bertz CT molecular complexity index is 939. The van der Waals surface area contributed by atoms with Crippen LogP contribution in [-0.4, -0.2) is 42.8 Å². The van der Waals surface area contributed by atoms with E-state index in [1.165, 1.54) is 0 Å². The maximum atomic E-state index is 11.9. The van der Waals surface area contributed by atoms with Gasteiger partial charge in [-0.3, -0.25) is 10.2 Å². The zero-order valence-corrected chi connectivity index (χ0v) is 19.7. The van der Waals surface area contributed by atoms with Crippen molar-refractivity contribution in [3.05, 3.63) is 17.6 Å². The number of unbranched alkanes of at least 4 members (excludes halogenated alkanes) is 1. The van der Waals surface area contributed by atoms with Crippen molar-refractivity contribution in [3.63, 3.8) is 0 Å². The summed E-state index contributed by atoms with van der Waals surface area (Å²) in [5.74, 6) is 2.29. The summed E-state index contributed by atoms with van der Waals surface area (Å²) in [6.45, 7) is 9.62. The monoisotopic (exact) mass is 431 g/mol. The molecule has 2 rings (SSSR count). The van der Waals surface area contributed by atoms with Crippen molar-refractivity contribution < 1.29 is 14.3 Å². The molecule has 1 aromatic carbocycles. The summed E-state index contributed by atoms with van der Waals surface area (Å²) < 4.78 is 12.8. The molecule has 0 bridgehead atoms. The van der Waals surface area contributed by atoms with E-state index in [2.05, 4.69) is 29.5 Å². The van der Waals surface area contributed by atoms with E-state index in [0.717, 1.165) is 30.3 Å². The Morgan fingerprint density at radius 2 is 1.77 bits per heavy atom. The van der Waals surface area contributed by atoms with Crippen LogP contribution in [0.5, 0.6) is 11.5 Å². The van der Waals surface area contributed by atoms with Gasteiger partial charge in [-0.2, -0.15) is 0 Å². The van der Waals surface area contributed by atoms with Crippen LogP contribution in [0.15, 0.2) is 12.1 Å². The molecule has 0 spiro atoms. The number of nitrogens with zero attached hydrogens (tertiary/aromatic N) is 2. The van der Waals surface area contributed by atoms with Crippen LogP contribution in [0.25, 0.3) is 11.0 Å². The summed E-state index contributed by atoms with van der Waals surface area (Å²) >= 11 is 0. The maximum Gasteiger partial charge on any atom is 0.220 e. The molecule has 1 unspecified atom stereocenters. The third kappa shape index (κ3) is 6.35. The van der Waals surface area contributed by atoms with E-state index >= 15 is 0 Å². The number of hydrogen-bond donors (Lipinski definition) is 3. The second kappa shape index (κ2) is 11.6. The molecule has 8 nitrogen and oxygen atoms in total. The molecule has 8 heteroatoms. The van der Waals surface area contributed by atoms with Crippen LogP contribution in [0.3, 0.4) is 0 Å². The molecule has 31 heavy (non-hydrogen) atoms. The molecular weight excluding hydrogens is 394 g/mol. The van der Waals surface area contributed by atoms with E-state index in [4.69, 9.17) is 14.9 Å². The Balaban J connectivity index is 2.06. The van der Waals surface area contributed by atoms with Crippen LogP contribution in [0.4, 0.5) is 5.82 Å². The highest BCUT2D eigenvalue weighted by Crippen LogP contribution is 2.32. The minimum Gasteiger partial charge on any atom is -0.493 e. The number of hydrogen-bond acceptors (Lipinski definition) is 6. The van der Waals surface area contributed by atoms with Crippen molar-refractivity contribution in [1.82, 2.24) is 14.9 Å². The van der Waals surface area contributed by atoms with Gasteiger partial charge in [0, 0.05) is 37.7 Å². The minimum atomic E-state index is 0.0809. The number of carbonyl (C=O) groups excluding carboxylic acids is 1. The van der Waals surface area contributed by atoms with Crippen molar-refractivity contribution in [2.75, 3.05) is 32.6 Å². The molecule has 0 aliphatic carbocycles. The molecule has 0 aliphatic heterocycles. The normalized spacial score (nSPS) is 12.1. The first-order chi connectivity index (χ1) is 14.8. The summed E-state index contributed by atoms with van der Waals surface area (Å²) in [7, 11) is 3.20. The average molecular weight is 432 g/mol. The zero-order valence-electron chi connectivity index (χ0n) is 19.7. The van der Waals surface area contributed by atoms with Gasteiger partial charge in [-0.15, -0.1) is 0 Å². The molecule has 3 N–H and O–H groups in total. The molecule has 1 heterocycles. The van der Waals surface area contributed by atoms with Gasteiger partial charge in [0.25, 0.3) is 0 Å². The van der Waals surface area contributed by atoms with Gasteiger partial charge in [0.2, 0.25) is 5.91 Å². The van der Waals surface area contributed by atoms with E-state index in [1.54, 1.807) is 14.2 Å². The molecule has 0 radical (unpaired) electrons. The van der Waals surface area contributed by atoms with Crippen LogP contribution in [0, 0.1) is 11.3 Å². The fraction of sp³-hybridized carbons (Fsp3) is 0.609. The molecule has 0 fully saturated rings. The number of methoxy groups -OCH3 is 2. The smallest absolute Gasteiger partial charge is 0.220 e. The van der Waals surface area contributed by atoms with E-state index in [1.807, 2.05) is 30.5 Å². The number of ether oxygens (including phenoxy) is 2. The third-order valence-electron chi connectivity index (χ3n) is 5.40. The van der Waals surface area contributed by atoms with Gasteiger partial charge in [-0.05, 0) is 32.6 Å². The summed E-state index contributed by atoms with van der Waals surface area (Å²) in [5, 5.41) is 14.9. The Morgan fingerprint density at radius 1 is 1.13 bits per heavy atom. The molecule has 172 valence electrons. The lowest BCUT2D eigenvalue weighted by molar-refractivity contribution is -0.121. The van der Waals surface area contributed by atoms with Crippen LogP contribution in [0.2, 0.25) is 0 Å². The highest BCUT2D eigenvalue weighted by atomic mass is 16.5. The quantitative estimate of drug-likeness (QED) is 0.443. The minimum absolute atomic E-state index is 0.0809. The van der Waals surface area contributed by atoms with Gasteiger partial charge in [0.1, 0.15) is 0 Å². The molecule has 1 amide bonds. The van der Waals surface area contributed by atoms with Crippen LogP contribution in [0.1, 0.15) is 59.4 Å². The molecule has 0 saturated carbocycles. The van der Waals surface area contributed by atoms with E-state index in [0.29, 0.717) is 48.2 Å². The van der Waals surface area contributed by atoms with Crippen molar-refractivity contribution in [2.24, 2.45) is 5.92 Å². The largest absolute Gasteiger partial charge is 0.493 e. The Morgan fingerprint density at radius 3 is 2.39 bits per heavy atom. The number of anilines is 1. The molecule has 1 atom stereocenters. The zero-order chi connectivity index (χ0) is 23.0. The predicted octanol–water partition coefficient (Wildman–Crippen LogP) is 3.86. The lowest BCUT2D eigenvalue weighted by atomic mass is 10.1. The van der Waals surface area contributed by atoms with Gasteiger partial charge < -0.3 is 24.7 Å². The highest BCUT2D eigenvalue weighted by molar-refractivity contribution is 5.81. The summed E-state index contributed by atoms with van der Waals surface area (Å²) in [6.07, 6.45) is 3.34. The van der Waals surface area contributed by atoms with Gasteiger partial charge in [0.15, 0.2) is 22.8 Å². The molecule has 1 aromatic heterocycles. The Kier molecular flexibility index (Phi) is 9.15. The first kappa shape index (κ1) is 24.5. The summed E-state index contributed by atoms with van der Waals surface area (Å²) in [4.78, 5) is 16.5. The number of nitrogens with one attached hydrogen (secondary N) is 3. The van der Waals surface area contributed by atoms with Crippen LogP contribution < -0.4 is 25.6 Å². The highest BCUT2D eigenvalue weighted by Gasteiger charge is 2.15. The van der Waals surface area contributed by atoms with E-state index < -0.39 is 0 Å². The number of carbonyl (C=O) groups is 1. The van der Waals surface area contributed by atoms with Crippen molar-refractivity contribution in [1.29, 1.82) is 5.41 Å². The summed E-state index contributed by atoms with van der Waals surface area (Å²) in [6, 6.07) is 3.78. The number of benzene rings is 1. The first-order valence-corrected chi connectivity index (χ1v) is 11.1. The topological polar surface area (TPSA) is 101 Å². The number of fused-ring (bicyclic) bond motifs is 1. The fourth-order valence-electron chi connectivity index (χ4n) is 3.43. The maximum absolute atomic E-state index is 11.9. The van der Waals surface area contributed by atoms with Crippen molar-refractivity contribution in [3.8, 4) is 11.5 Å². The Labute approximate surface area is 184 Å². The second-order valence-electron chi connectivity index (χ2n) is 8.17. The second-order valence-corrected chi connectivity index (χ2v) is 8.17. The SMILES string of the molecule is CCC(C)CC(=O)NCCCCNc1nc2cc(OC)c(OC)cc2n(C(C)C)c1=N. The van der Waals surface area contributed by atoms with Crippen molar-refractivity contribution in [2.45, 2.75) is 59.4 Å². The van der Waals surface area contributed by atoms with Crippen LogP contribution in [-0.2, 0) is 4.79 Å². The first-order valence-electron chi connectivity index (χ1n) is 11.1. The number of rotatable bonds is 12. The van der Waals surface area contributed by atoms with Crippen LogP contribution >= 0.6 is 0 Å². The van der Waals surface area contributed by atoms with E-state index in [9.17, 15) is 4.79 Å². The molecule has 0 saturated heterocycles. The fourth-order valence-corrected chi connectivity index (χ4v) is 3.43. The van der Waals surface area contributed by atoms with Gasteiger partial charge in [-0.25, -0.2) is 4.98 Å². The lowest BCUT2D eigenvalue weighted by Crippen LogP contribution is -2.28. The third-order valence-corrected chi connectivity index (χ3v) is 5.40. The number of amides is 1. The molecule has 0 aliphatic rings. The van der Waals surface area contributed by atoms with Crippen molar-refractivity contribution >= 4 is 22.8 Å². The van der Waals surface area contributed by atoms with Gasteiger partial charge >= 0.3 is 0 Å². The number of aromatic nitrogens is 2. The summed E-state index contributed by atoms with van der Waals surface area (Å²) in [5.41, 5.74) is 1.89. The average Bonchev–Trinajstić information content (AvgIpc) is 2.74. The molecule has 2 aromatic rings. The standard InChI is InChI=1S/C23H37N5O3/c1-7-16(4)12-21(29)25-10-8-9-11-26-23-22(24)28(15(2)3)18-14-20(31-6)19(30-5)13-17(18)27-23/h13-16,24H,7-12H2,1-6H3,(H,25,29)(H,26,27). The van der Waals surface area contributed by atoms with E-state index in [-0.39, 0.29) is 11.9 Å².